The molecule has 0 saturated heterocycles. The van der Waals surface area contributed by atoms with Gasteiger partial charge < -0.3 is 10.8 Å². The maximum Gasteiger partial charge on any atom is 0.308 e. The molecule has 0 saturated carbocycles. The van der Waals surface area contributed by atoms with E-state index in [9.17, 15) is 4.79 Å². The van der Waals surface area contributed by atoms with E-state index in [0.29, 0.717) is 0 Å². The van der Waals surface area contributed by atoms with E-state index in [1.807, 2.05) is 0 Å². The smallest absolute Gasteiger partial charge is 0.308 e. The van der Waals surface area contributed by atoms with E-state index < -0.39 is 5.97 Å². The average molecular weight is 187 g/mol. The Labute approximate surface area is 80.3 Å². The highest BCUT2D eigenvalue weighted by molar-refractivity contribution is 5.70. The lowest BCUT2D eigenvalue weighted by atomic mass is 9.85. The molecule has 3 nitrogen and oxygen atoms in total. The lowest BCUT2D eigenvalue weighted by Gasteiger charge is -2.21. The van der Waals surface area contributed by atoms with Crippen LogP contribution in [0.1, 0.15) is 39.5 Å². The normalized spacial score (nSPS) is 13.2. The van der Waals surface area contributed by atoms with Gasteiger partial charge in [0.1, 0.15) is 0 Å². The zero-order valence-corrected chi connectivity index (χ0v) is 8.62. The van der Waals surface area contributed by atoms with Gasteiger partial charge >= 0.3 is 5.97 Å². The summed E-state index contributed by atoms with van der Waals surface area (Å²) in [6.07, 6.45) is 4.02. The van der Waals surface area contributed by atoms with Crippen LogP contribution in [0.3, 0.4) is 0 Å². The summed E-state index contributed by atoms with van der Waals surface area (Å²) < 4.78 is 0. The van der Waals surface area contributed by atoms with Gasteiger partial charge in [0, 0.05) is 6.54 Å². The average Bonchev–Trinajstić information content (AvgIpc) is 2.05. The van der Waals surface area contributed by atoms with Crippen LogP contribution in [0.4, 0.5) is 0 Å². The molecule has 78 valence electrons. The van der Waals surface area contributed by atoms with Gasteiger partial charge in [-0.2, -0.15) is 0 Å². The summed E-state index contributed by atoms with van der Waals surface area (Å²) in [7, 11) is 0. The van der Waals surface area contributed by atoms with Crippen molar-refractivity contribution in [2.45, 2.75) is 39.5 Å². The summed E-state index contributed by atoms with van der Waals surface area (Å²) in [5, 5.41) is 8.92. The van der Waals surface area contributed by atoms with Gasteiger partial charge in [0.25, 0.3) is 0 Å². The third-order valence-electron chi connectivity index (χ3n) is 2.46. The molecule has 0 amide bonds. The summed E-state index contributed by atoms with van der Waals surface area (Å²) in [6, 6.07) is 0. The van der Waals surface area contributed by atoms with E-state index in [0.717, 1.165) is 25.7 Å². The first-order chi connectivity index (χ1) is 6.17. The van der Waals surface area contributed by atoms with E-state index in [2.05, 4.69) is 13.8 Å². The number of carbonyl (C=O) groups is 1. The van der Waals surface area contributed by atoms with Crippen molar-refractivity contribution in [1.82, 2.24) is 0 Å². The molecule has 3 heteroatoms. The van der Waals surface area contributed by atoms with Crippen LogP contribution in [0.2, 0.25) is 0 Å². The molecule has 0 spiro atoms. The van der Waals surface area contributed by atoms with E-state index >= 15 is 0 Å². The van der Waals surface area contributed by atoms with Crippen molar-refractivity contribution in [3.05, 3.63) is 0 Å². The Hall–Kier alpha value is -0.570. The van der Waals surface area contributed by atoms with Crippen molar-refractivity contribution in [3.8, 4) is 0 Å². The molecule has 1 unspecified atom stereocenters. The fraction of sp³-hybridized carbons (Fsp3) is 0.900. The first kappa shape index (κ1) is 12.4. The van der Waals surface area contributed by atoms with Crippen LogP contribution in [-0.2, 0) is 4.79 Å². The Bertz CT molecular complexity index is 142. The van der Waals surface area contributed by atoms with Gasteiger partial charge in [-0.15, -0.1) is 0 Å². The standard InChI is InChI=1S/C10H21NO2/c1-3-5-8(6-4-2)9(7-11)10(12)13/h8-9H,3-7,11H2,1-2H3,(H,12,13). The number of carboxylic acid groups (broad SMARTS) is 1. The minimum atomic E-state index is -0.741. The largest absolute Gasteiger partial charge is 0.481 e. The van der Waals surface area contributed by atoms with Crippen molar-refractivity contribution in [2.75, 3.05) is 6.54 Å². The Balaban J connectivity index is 4.20. The summed E-state index contributed by atoms with van der Waals surface area (Å²) in [5.74, 6) is -0.827. The lowest BCUT2D eigenvalue weighted by molar-refractivity contribution is -0.143. The van der Waals surface area contributed by atoms with Crippen molar-refractivity contribution < 1.29 is 9.90 Å². The summed E-state index contributed by atoms with van der Waals surface area (Å²) in [5.41, 5.74) is 5.45. The number of carboxylic acids is 1. The monoisotopic (exact) mass is 187 g/mol. The van der Waals surface area contributed by atoms with Crippen LogP contribution >= 0.6 is 0 Å². The van der Waals surface area contributed by atoms with Gasteiger partial charge in [-0.05, 0) is 18.8 Å². The first-order valence-electron chi connectivity index (χ1n) is 5.10. The molecule has 1 atom stereocenters. The number of hydrogen-bond acceptors (Lipinski definition) is 2. The topological polar surface area (TPSA) is 63.3 Å². The molecule has 0 heterocycles. The zero-order chi connectivity index (χ0) is 10.3. The first-order valence-corrected chi connectivity index (χ1v) is 5.10. The van der Waals surface area contributed by atoms with Crippen LogP contribution in [0.25, 0.3) is 0 Å². The second kappa shape index (κ2) is 6.89. The van der Waals surface area contributed by atoms with Crippen LogP contribution < -0.4 is 5.73 Å². The molecule has 0 aliphatic heterocycles. The third-order valence-corrected chi connectivity index (χ3v) is 2.46. The molecular formula is C10H21NO2. The minimum absolute atomic E-state index is 0.262. The predicted molar refractivity (Wildman–Crippen MR) is 53.5 cm³/mol. The zero-order valence-electron chi connectivity index (χ0n) is 8.62. The molecule has 0 aromatic rings. The van der Waals surface area contributed by atoms with Crippen LogP contribution in [0.15, 0.2) is 0 Å². The maximum absolute atomic E-state index is 10.8. The second-order valence-corrected chi connectivity index (χ2v) is 3.52. The highest BCUT2D eigenvalue weighted by atomic mass is 16.4. The highest BCUT2D eigenvalue weighted by Gasteiger charge is 2.24. The number of nitrogens with two attached hydrogens (primary N) is 1. The third kappa shape index (κ3) is 4.27. The molecule has 0 rings (SSSR count). The van der Waals surface area contributed by atoms with Crippen LogP contribution in [-0.4, -0.2) is 17.6 Å². The van der Waals surface area contributed by atoms with E-state index in [1.54, 1.807) is 0 Å². The quantitative estimate of drug-likeness (QED) is 0.639. The molecule has 0 bridgehead atoms. The Morgan fingerprint density at radius 2 is 1.77 bits per heavy atom. The highest BCUT2D eigenvalue weighted by Crippen LogP contribution is 2.22. The number of aliphatic carboxylic acids is 1. The molecule has 0 radical (unpaired) electrons. The fourth-order valence-electron chi connectivity index (χ4n) is 1.78. The molecule has 3 N–H and O–H groups in total. The fourth-order valence-corrected chi connectivity index (χ4v) is 1.78. The summed E-state index contributed by atoms with van der Waals surface area (Å²) in [4.78, 5) is 10.8. The van der Waals surface area contributed by atoms with Gasteiger partial charge in [0.15, 0.2) is 0 Å². The van der Waals surface area contributed by atoms with Gasteiger partial charge in [-0.1, -0.05) is 26.7 Å². The Morgan fingerprint density at radius 3 is 2.00 bits per heavy atom. The molecule has 0 fully saturated rings. The minimum Gasteiger partial charge on any atom is -0.481 e. The van der Waals surface area contributed by atoms with Crippen molar-refractivity contribution in [2.24, 2.45) is 17.6 Å². The number of hydrogen-bond donors (Lipinski definition) is 2. The lowest BCUT2D eigenvalue weighted by Crippen LogP contribution is -2.30. The van der Waals surface area contributed by atoms with Crippen molar-refractivity contribution in [3.63, 3.8) is 0 Å². The summed E-state index contributed by atoms with van der Waals surface area (Å²) in [6.45, 7) is 4.43. The second-order valence-electron chi connectivity index (χ2n) is 3.52. The van der Waals surface area contributed by atoms with Gasteiger partial charge in [-0.25, -0.2) is 0 Å². The van der Waals surface area contributed by atoms with Gasteiger partial charge in [0.2, 0.25) is 0 Å². The van der Waals surface area contributed by atoms with Crippen molar-refractivity contribution in [1.29, 1.82) is 0 Å². The SMILES string of the molecule is CCCC(CCC)C(CN)C(=O)O. The van der Waals surface area contributed by atoms with Gasteiger partial charge in [0.05, 0.1) is 5.92 Å². The van der Waals surface area contributed by atoms with E-state index in [4.69, 9.17) is 10.8 Å². The molecule has 0 aliphatic carbocycles. The van der Waals surface area contributed by atoms with Gasteiger partial charge in [-0.3, -0.25) is 4.79 Å². The predicted octanol–water partition coefficient (Wildman–Crippen LogP) is 1.86. The van der Waals surface area contributed by atoms with E-state index in [-0.39, 0.29) is 18.4 Å². The van der Waals surface area contributed by atoms with Crippen LogP contribution in [0.5, 0.6) is 0 Å². The number of rotatable bonds is 7. The van der Waals surface area contributed by atoms with E-state index in [1.165, 1.54) is 0 Å². The molecule has 13 heavy (non-hydrogen) atoms. The molecule has 0 aliphatic rings. The molecule has 0 aromatic heterocycles. The Kier molecular flexibility index (Phi) is 6.59. The summed E-state index contributed by atoms with van der Waals surface area (Å²) >= 11 is 0. The Morgan fingerprint density at radius 1 is 1.31 bits per heavy atom. The van der Waals surface area contributed by atoms with Crippen molar-refractivity contribution >= 4 is 5.97 Å². The molecule has 0 aromatic carbocycles. The van der Waals surface area contributed by atoms with Crippen LogP contribution in [0, 0.1) is 11.8 Å². The maximum atomic E-state index is 10.8. The molecular weight excluding hydrogens is 166 g/mol.